The number of nitrogens with one attached hydrogen (secondary N) is 1. The average molecular weight is 421 g/mol. The van der Waals surface area contributed by atoms with Gasteiger partial charge in [-0.05, 0) is 43.5 Å². The van der Waals surface area contributed by atoms with E-state index in [1.54, 1.807) is 6.20 Å². The molecule has 9 heteroatoms. The van der Waals surface area contributed by atoms with Gasteiger partial charge in [0.1, 0.15) is 16.9 Å². The van der Waals surface area contributed by atoms with Gasteiger partial charge in [-0.15, -0.1) is 0 Å². The Morgan fingerprint density at radius 1 is 1.18 bits per heavy atom. The van der Waals surface area contributed by atoms with Crippen LogP contribution in [0.5, 0.6) is 0 Å². The Hall–Kier alpha value is -1.93. The summed E-state index contributed by atoms with van der Waals surface area (Å²) in [6, 6.07) is 5.25. The van der Waals surface area contributed by atoms with Crippen molar-refractivity contribution in [3.63, 3.8) is 0 Å². The van der Waals surface area contributed by atoms with Gasteiger partial charge in [0.15, 0.2) is 5.79 Å². The van der Waals surface area contributed by atoms with Crippen molar-refractivity contribution >= 4 is 34.2 Å². The van der Waals surface area contributed by atoms with E-state index in [0.717, 1.165) is 17.4 Å². The van der Waals surface area contributed by atoms with E-state index in [4.69, 9.17) is 32.7 Å². The molecule has 0 spiro atoms. The number of hydrogen-bond donors (Lipinski definition) is 1. The van der Waals surface area contributed by atoms with Crippen molar-refractivity contribution in [2.45, 2.75) is 50.2 Å². The molecule has 1 aliphatic carbocycles. The molecule has 2 aliphatic rings. The Morgan fingerprint density at radius 2 is 1.96 bits per heavy atom. The summed E-state index contributed by atoms with van der Waals surface area (Å²) < 4.78 is 14.6. The van der Waals surface area contributed by atoms with Crippen molar-refractivity contribution in [3.05, 3.63) is 56.9 Å². The molecule has 0 unspecified atom stereocenters. The quantitative estimate of drug-likeness (QED) is 0.504. The van der Waals surface area contributed by atoms with E-state index in [-0.39, 0.29) is 35.0 Å². The van der Waals surface area contributed by atoms with E-state index in [1.165, 1.54) is 6.07 Å². The van der Waals surface area contributed by atoms with Crippen LogP contribution in [0.4, 0.5) is 0 Å². The minimum Gasteiger partial charge on any atom is -0.344 e. The van der Waals surface area contributed by atoms with Crippen molar-refractivity contribution in [1.82, 2.24) is 19.5 Å². The van der Waals surface area contributed by atoms with Crippen LogP contribution in [0.25, 0.3) is 11.0 Å². The lowest BCUT2D eigenvalue weighted by atomic mass is 9.97. The maximum Gasteiger partial charge on any atom is 0.247 e. The number of halogens is 2. The Morgan fingerprint density at radius 3 is 2.71 bits per heavy atom. The van der Waals surface area contributed by atoms with Gasteiger partial charge in [-0.3, -0.25) is 4.79 Å². The summed E-state index contributed by atoms with van der Waals surface area (Å²) in [4.78, 5) is 22.6. The molecule has 1 aliphatic heterocycles. The van der Waals surface area contributed by atoms with E-state index in [9.17, 15) is 4.79 Å². The highest BCUT2D eigenvalue weighted by atomic mass is 35.5. The zero-order chi connectivity index (χ0) is 19.6. The molecule has 1 saturated heterocycles. The SMILES string of the molecule is CC1(C)O[C@@H]2[C@H](O1)[C@@H](c1ccc(=O)[nH]c1)C[C@H]2n1ccc2c(Cl)nc(Cl)nc21. The zero-order valence-corrected chi connectivity index (χ0v) is 16.7. The van der Waals surface area contributed by atoms with Gasteiger partial charge < -0.3 is 19.0 Å². The maximum absolute atomic E-state index is 11.5. The molecule has 4 heterocycles. The summed E-state index contributed by atoms with van der Waals surface area (Å²) in [5.41, 5.74) is 1.56. The number of aromatic amines is 1. The fourth-order valence-electron chi connectivity index (χ4n) is 4.44. The molecule has 7 nitrogen and oxygen atoms in total. The fourth-order valence-corrected chi connectivity index (χ4v) is 4.88. The third kappa shape index (κ3) is 2.85. The molecule has 1 N–H and O–H groups in total. The third-order valence-electron chi connectivity index (χ3n) is 5.53. The number of fused-ring (bicyclic) bond motifs is 2. The number of aromatic nitrogens is 4. The molecule has 5 rings (SSSR count). The van der Waals surface area contributed by atoms with E-state index in [1.807, 2.05) is 36.7 Å². The first-order chi connectivity index (χ1) is 13.3. The number of pyridine rings is 1. The molecule has 4 atom stereocenters. The van der Waals surface area contributed by atoms with Crippen LogP contribution >= 0.6 is 23.2 Å². The Kier molecular flexibility index (Phi) is 4.07. The minimum absolute atomic E-state index is 0.0248. The van der Waals surface area contributed by atoms with Crippen molar-refractivity contribution in [2.75, 3.05) is 0 Å². The largest absolute Gasteiger partial charge is 0.344 e. The van der Waals surface area contributed by atoms with Crippen LogP contribution in [0.2, 0.25) is 10.4 Å². The van der Waals surface area contributed by atoms with Crippen LogP contribution in [0.1, 0.15) is 37.8 Å². The highest BCUT2D eigenvalue weighted by molar-refractivity contribution is 6.35. The molecular weight excluding hydrogens is 403 g/mol. The summed E-state index contributed by atoms with van der Waals surface area (Å²) >= 11 is 12.3. The Balaban J connectivity index is 1.60. The standard InChI is InChI=1S/C19H18Cl2N4O3/c1-19(2)27-14-11(9-3-4-13(26)22-8-9)7-12(15(14)28-19)25-6-5-10-16(20)23-18(21)24-17(10)25/h3-6,8,11-12,14-15H,7H2,1-2H3,(H,22,26)/t11-,12-,14-,15+/m1/s1. The summed E-state index contributed by atoms with van der Waals surface area (Å²) in [7, 11) is 0. The highest BCUT2D eigenvalue weighted by Gasteiger charge is 2.55. The van der Waals surface area contributed by atoms with Crippen molar-refractivity contribution in [2.24, 2.45) is 0 Å². The van der Waals surface area contributed by atoms with Crippen LogP contribution in [-0.4, -0.2) is 37.5 Å². The van der Waals surface area contributed by atoms with Gasteiger partial charge in [-0.2, -0.15) is 4.98 Å². The normalized spacial score (nSPS) is 28.7. The molecule has 146 valence electrons. The van der Waals surface area contributed by atoms with Crippen LogP contribution in [0.15, 0.2) is 35.4 Å². The second-order valence-corrected chi connectivity index (χ2v) is 8.40. The second-order valence-electron chi connectivity index (χ2n) is 7.70. The first-order valence-electron chi connectivity index (χ1n) is 9.06. The van der Waals surface area contributed by atoms with E-state index in [0.29, 0.717) is 10.8 Å². The van der Waals surface area contributed by atoms with E-state index in [2.05, 4.69) is 15.0 Å². The predicted molar refractivity (Wildman–Crippen MR) is 105 cm³/mol. The van der Waals surface area contributed by atoms with Gasteiger partial charge in [-0.25, -0.2) is 4.98 Å². The first kappa shape index (κ1) is 18.1. The van der Waals surface area contributed by atoms with Gasteiger partial charge in [-0.1, -0.05) is 17.7 Å². The van der Waals surface area contributed by atoms with Crippen molar-refractivity contribution in [1.29, 1.82) is 0 Å². The van der Waals surface area contributed by atoms with Crippen LogP contribution < -0.4 is 5.56 Å². The smallest absolute Gasteiger partial charge is 0.247 e. The monoisotopic (exact) mass is 420 g/mol. The Labute approximate surface area is 170 Å². The molecule has 0 amide bonds. The third-order valence-corrected chi connectivity index (χ3v) is 5.98. The lowest BCUT2D eigenvalue weighted by Crippen LogP contribution is -2.27. The highest BCUT2D eigenvalue weighted by Crippen LogP contribution is 2.51. The summed E-state index contributed by atoms with van der Waals surface area (Å²) in [5.74, 6) is -0.624. The predicted octanol–water partition coefficient (Wildman–Crippen LogP) is 3.68. The van der Waals surface area contributed by atoms with Gasteiger partial charge in [0.25, 0.3) is 0 Å². The first-order valence-corrected chi connectivity index (χ1v) is 9.82. The van der Waals surface area contributed by atoms with E-state index >= 15 is 0 Å². The summed E-state index contributed by atoms with van der Waals surface area (Å²) in [6.07, 6.45) is 4.14. The number of H-pyrrole nitrogens is 1. The molecule has 0 aromatic carbocycles. The molecule has 28 heavy (non-hydrogen) atoms. The van der Waals surface area contributed by atoms with Crippen LogP contribution in [-0.2, 0) is 9.47 Å². The molecule has 3 aromatic rings. The number of hydrogen-bond acceptors (Lipinski definition) is 5. The van der Waals surface area contributed by atoms with Gasteiger partial charge >= 0.3 is 0 Å². The second kappa shape index (κ2) is 6.29. The lowest BCUT2D eigenvalue weighted by Gasteiger charge is -2.24. The lowest BCUT2D eigenvalue weighted by molar-refractivity contribution is -0.157. The number of ether oxygens (including phenoxy) is 2. The Bertz CT molecular complexity index is 1110. The van der Waals surface area contributed by atoms with E-state index < -0.39 is 5.79 Å². The molecule has 0 radical (unpaired) electrons. The summed E-state index contributed by atoms with van der Waals surface area (Å²) in [5, 5.41) is 1.17. The van der Waals surface area contributed by atoms with Crippen LogP contribution in [0.3, 0.4) is 0 Å². The van der Waals surface area contributed by atoms with Crippen molar-refractivity contribution < 1.29 is 9.47 Å². The van der Waals surface area contributed by atoms with Gasteiger partial charge in [0.2, 0.25) is 10.8 Å². The molecule has 0 bridgehead atoms. The molecule has 2 fully saturated rings. The molecular formula is C19H18Cl2N4O3. The van der Waals surface area contributed by atoms with Gasteiger partial charge in [0, 0.05) is 24.4 Å². The summed E-state index contributed by atoms with van der Waals surface area (Å²) in [6.45, 7) is 3.83. The van der Waals surface area contributed by atoms with Gasteiger partial charge in [0.05, 0.1) is 17.5 Å². The van der Waals surface area contributed by atoms with Crippen LogP contribution in [0, 0.1) is 0 Å². The van der Waals surface area contributed by atoms with Crippen molar-refractivity contribution in [3.8, 4) is 0 Å². The maximum atomic E-state index is 11.5. The average Bonchev–Trinajstić information content (AvgIpc) is 3.26. The number of rotatable bonds is 2. The molecule has 1 saturated carbocycles. The molecule has 3 aromatic heterocycles. The topological polar surface area (TPSA) is 82.0 Å². The fraction of sp³-hybridized carbons (Fsp3) is 0.421. The zero-order valence-electron chi connectivity index (χ0n) is 15.2. The minimum atomic E-state index is -0.693. The number of nitrogens with zero attached hydrogens (tertiary/aromatic N) is 3.